The Bertz CT molecular complexity index is 1310. The molecule has 0 aromatic heterocycles. The zero-order chi connectivity index (χ0) is 25.7. The topological polar surface area (TPSA) is 86.8 Å². The molecule has 2 amide bonds. The van der Waals surface area contributed by atoms with Crippen molar-refractivity contribution < 1.29 is 18.0 Å². The monoisotopic (exact) mass is 505 g/mol. The van der Waals surface area contributed by atoms with Crippen LogP contribution < -0.4 is 9.62 Å². The summed E-state index contributed by atoms with van der Waals surface area (Å²) in [6.45, 7) is 3.59. The van der Waals surface area contributed by atoms with Crippen LogP contribution in [0.15, 0.2) is 77.7 Å². The molecule has 0 radical (unpaired) electrons. The van der Waals surface area contributed by atoms with Gasteiger partial charge in [0.15, 0.2) is 0 Å². The van der Waals surface area contributed by atoms with Crippen LogP contribution in [0, 0.1) is 6.92 Å². The van der Waals surface area contributed by atoms with Gasteiger partial charge in [-0.15, -0.1) is 0 Å². The SMILES string of the molecule is Cc1ccc(S(=O)(=O)N(C)c2ccc(CC(=O)Nc3ccc(CC(=O)N4CCCC4)cc3)cc2)cc1. The van der Waals surface area contributed by atoms with Crippen LogP contribution in [-0.2, 0) is 32.5 Å². The maximum atomic E-state index is 12.9. The van der Waals surface area contributed by atoms with Crippen molar-refractivity contribution in [3.63, 3.8) is 0 Å². The fraction of sp³-hybridized carbons (Fsp3) is 0.286. The molecule has 4 rings (SSSR count). The molecule has 7 nitrogen and oxygen atoms in total. The Morgan fingerprint density at radius 3 is 2.00 bits per heavy atom. The summed E-state index contributed by atoms with van der Waals surface area (Å²) in [7, 11) is -2.16. The number of rotatable bonds is 8. The number of anilines is 2. The standard InChI is InChI=1S/C28H31N3O4S/c1-21-5-15-26(16-6-21)36(34,35)30(2)25-13-9-22(10-14-25)19-27(32)29-24-11-7-23(8-12-24)20-28(33)31-17-3-4-18-31/h5-16H,3-4,17-20H2,1-2H3,(H,29,32). The van der Waals surface area contributed by atoms with Crippen molar-refractivity contribution in [2.75, 3.05) is 29.8 Å². The largest absolute Gasteiger partial charge is 0.342 e. The Labute approximate surface area is 212 Å². The van der Waals surface area contributed by atoms with Crippen molar-refractivity contribution in [1.29, 1.82) is 0 Å². The zero-order valence-corrected chi connectivity index (χ0v) is 21.4. The molecule has 3 aromatic carbocycles. The van der Waals surface area contributed by atoms with E-state index in [0.717, 1.165) is 42.6 Å². The Balaban J connectivity index is 1.32. The smallest absolute Gasteiger partial charge is 0.264 e. The summed E-state index contributed by atoms with van der Waals surface area (Å²) in [4.78, 5) is 27.0. The average molecular weight is 506 g/mol. The lowest BCUT2D eigenvalue weighted by Gasteiger charge is -2.20. The summed E-state index contributed by atoms with van der Waals surface area (Å²) < 4.78 is 27.0. The van der Waals surface area contributed by atoms with E-state index < -0.39 is 10.0 Å². The molecule has 0 spiro atoms. The quantitative estimate of drug-likeness (QED) is 0.498. The molecule has 1 heterocycles. The van der Waals surface area contributed by atoms with Crippen LogP contribution in [0.5, 0.6) is 0 Å². The van der Waals surface area contributed by atoms with Gasteiger partial charge in [-0.05, 0) is 67.3 Å². The minimum Gasteiger partial charge on any atom is -0.342 e. The highest BCUT2D eigenvalue weighted by molar-refractivity contribution is 7.92. The number of nitrogens with one attached hydrogen (secondary N) is 1. The van der Waals surface area contributed by atoms with E-state index in [0.29, 0.717) is 17.8 Å². The molecule has 1 fully saturated rings. The number of carbonyl (C=O) groups is 2. The van der Waals surface area contributed by atoms with E-state index >= 15 is 0 Å². The Morgan fingerprint density at radius 2 is 1.39 bits per heavy atom. The van der Waals surface area contributed by atoms with E-state index in [-0.39, 0.29) is 23.1 Å². The molecule has 0 saturated carbocycles. The van der Waals surface area contributed by atoms with Gasteiger partial charge in [0.2, 0.25) is 11.8 Å². The van der Waals surface area contributed by atoms with Gasteiger partial charge in [0, 0.05) is 25.8 Å². The van der Waals surface area contributed by atoms with E-state index in [2.05, 4.69) is 5.32 Å². The van der Waals surface area contributed by atoms with E-state index in [1.54, 1.807) is 60.7 Å². The van der Waals surface area contributed by atoms with Gasteiger partial charge in [-0.1, -0.05) is 42.0 Å². The summed E-state index contributed by atoms with van der Waals surface area (Å²) in [6, 6.07) is 21.0. The number of hydrogen-bond donors (Lipinski definition) is 1. The second kappa shape index (κ2) is 11.0. The third-order valence-electron chi connectivity index (χ3n) is 6.40. The van der Waals surface area contributed by atoms with Gasteiger partial charge < -0.3 is 10.2 Å². The minimum absolute atomic E-state index is 0.144. The normalized spacial score (nSPS) is 13.4. The fourth-order valence-electron chi connectivity index (χ4n) is 4.18. The molecule has 1 aliphatic rings. The summed E-state index contributed by atoms with van der Waals surface area (Å²) >= 11 is 0. The van der Waals surface area contributed by atoms with Gasteiger partial charge in [-0.3, -0.25) is 13.9 Å². The molecule has 1 N–H and O–H groups in total. The Kier molecular flexibility index (Phi) is 7.74. The van der Waals surface area contributed by atoms with Gasteiger partial charge in [-0.25, -0.2) is 8.42 Å². The molecular weight excluding hydrogens is 474 g/mol. The number of benzene rings is 3. The molecular formula is C28H31N3O4S. The second-order valence-electron chi connectivity index (χ2n) is 9.14. The van der Waals surface area contributed by atoms with Crippen LogP contribution in [0.2, 0.25) is 0 Å². The lowest BCUT2D eigenvalue weighted by molar-refractivity contribution is -0.129. The van der Waals surface area contributed by atoms with Gasteiger partial charge >= 0.3 is 0 Å². The molecule has 0 atom stereocenters. The number of amides is 2. The highest BCUT2D eigenvalue weighted by Crippen LogP contribution is 2.23. The van der Waals surface area contributed by atoms with Crippen LogP contribution in [0.3, 0.4) is 0 Å². The molecule has 36 heavy (non-hydrogen) atoms. The number of sulfonamides is 1. The predicted octanol–water partition coefficient (Wildman–Crippen LogP) is 4.17. The number of carbonyl (C=O) groups excluding carboxylic acids is 2. The van der Waals surface area contributed by atoms with Crippen LogP contribution in [0.1, 0.15) is 29.5 Å². The Morgan fingerprint density at radius 1 is 0.833 bits per heavy atom. The fourth-order valence-corrected chi connectivity index (χ4v) is 5.38. The summed E-state index contributed by atoms with van der Waals surface area (Å²) in [5.74, 6) is -0.0330. The first kappa shape index (κ1) is 25.4. The van der Waals surface area contributed by atoms with Crippen LogP contribution >= 0.6 is 0 Å². The first-order chi connectivity index (χ1) is 17.2. The first-order valence-corrected chi connectivity index (χ1v) is 13.5. The van der Waals surface area contributed by atoms with Crippen LogP contribution in [-0.4, -0.2) is 45.3 Å². The van der Waals surface area contributed by atoms with Crippen LogP contribution in [0.4, 0.5) is 11.4 Å². The lowest BCUT2D eigenvalue weighted by Crippen LogP contribution is -2.29. The predicted molar refractivity (Wildman–Crippen MR) is 142 cm³/mol. The van der Waals surface area contributed by atoms with Crippen molar-refractivity contribution in [2.45, 2.75) is 37.5 Å². The molecule has 8 heteroatoms. The molecule has 3 aromatic rings. The lowest BCUT2D eigenvalue weighted by atomic mass is 10.1. The van der Waals surface area contributed by atoms with E-state index in [1.165, 1.54) is 11.4 Å². The molecule has 0 bridgehead atoms. The molecule has 1 aliphatic heterocycles. The highest BCUT2D eigenvalue weighted by Gasteiger charge is 2.21. The van der Waals surface area contributed by atoms with Gasteiger partial charge in [-0.2, -0.15) is 0 Å². The van der Waals surface area contributed by atoms with Gasteiger partial charge in [0.05, 0.1) is 23.4 Å². The van der Waals surface area contributed by atoms with E-state index in [4.69, 9.17) is 0 Å². The van der Waals surface area contributed by atoms with Crippen molar-refractivity contribution >= 4 is 33.2 Å². The summed E-state index contributed by atoms with van der Waals surface area (Å²) in [5, 5.41) is 2.87. The number of likely N-dealkylation sites (tertiary alicyclic amines) is 1. The van der Waals surface area contributed by atoms with Crippen molar-refractivity contribution in [3.8, 4) is 0 Å². The minimum atomic E-state index is -3.67. The second-order valence-corrected chi connectivity index (χ2v) is 11.1. The maximum absolute atomic E-state index is 12.9. The van der Waals surface area contributed by atoms with Gasteiger partial charge in [0.1, 0.15) is 0 Å². The third-order valence-corrected chi connectivity index (χ3v) is 8.20. The molecule has 1 saturated heterocycles. The van der Waals surface area contributed by atoms with E-state index in [1.807, 2.05) is 24.0 Å². The molecule has 0 aliphatic carbocycles. The summed E-state index contributed by atoms with van der Waals surface area (Å²) in [6.07, 6.45) is 2.67. The van der Waals surface area contributed by atoms with Crippen molar-refractivity contribution in [1.82, 2.24) is 4.90 Å². The number of aryl methyl sites for hydroxylation is 1. The zero-order valence-electron chi connectivity index (χ0n) is 20.6. The number of nitrogens with zero attached hydrogens (tertiary/aromatic N) is 2. The van der Waals surface area contributed by atoms with Crippen LogP contribution in [0.25, 0.3) is 0 Å². The molecule has 0 unspecified atom stereocenters. The van der Waals surface area contributed by atoms with E-state index in [9.17, 15) is 18.0 Å². The van der Waals surface area contributed by atoms with Gasteiger partial charge in [0.25, 0.3) is 10.0 Å². The maximum Gasteiger partial charge on any atom is 0.264 e. The van der Waals surface area contributed by atoms with Crippen molar-refractivity contribution in [3.05, 3.63) is 89.5 Å². The Hall–Kier alpha value is -3.65. The van der Waals surface area contributed by atoms with Crippen molar-refractivity contribution in [2.24, 2.45) is 0 Å². The first-order valence-electron chi connectivity index (χ1n) is 12.0. The number of hydrogen-bond acceptors (Lipinski definition) is 4. The molecule has 188 valence electrons. The third kappa shape index (κ3) is 6.12. The summed E-state index contributed by atoms with van der Waals surface area (Å²) in [5.41, 5.74) is 3.86. The highest BCUT2D eigenvalue weighted by atomic mass is 32.2. The average Bonchev–Trinajstić information content (AvgIpc) is 3.41.